The summed E-state index contributed by atoms with van der Waals surface area (Å²) in [7, 11) is 1.66. The summed E-state index contributed by atoms with van der Waals surface area (Å²) in [5, 5.41) is 4.37. The van der Waals surface area contributed by atoms with Crippen molar-refractivity contribution in [3.63, 3.8) is 0 Å². The average molecular weight is 294 g/mol. The summed E-state index contributed by atoms with van der Waals surface area (Å²) in [5.74, 6) is -1.14. The largest absolute Gasteiger partial charge is 0.267 e. The normalized spacial score (nSPS) is 11.1. The van der Waals surface area contributed by atoms with Crippen LogP contribution in [0.1, 0.15) is 0 Å². The predicted molar refractivity (Wildman–Crippen MR) is 53.3 cm³/mol. The monoisotopic (exact) mass is 294 g/mol. The zero-order valence-electron chi connectivity index (χ0n) is 6.68. The summed E-state index contributed by atoms with van der Waals surface area (Å²) in [6.45, 7) is 0. The van der Waals surface area contributed by atoms with Crippen LogP contribution < -0.4 is 0 Å². The predicted octanol–water partition coefficient (Wildman–Crippen LogP) is 2.46. The second-order valence-electron chi connectivity index (χ2n) is 2.70. The summed E-state index contributed by atoms with van der Waals surface area (Å²) in [5.41, 5.74) is 0.474. The van der Waals surface area contributed by atoms with Crippen LogP contribution in [0.5, 0.6) is 0 Å². The Morgan fingerprint density at radius 3 is 2.77 bits per heavy atom. The van der Waals surface area contributed by atoms with Gasteiger partial charge in [-0.25, -0.2) is 8.78 Å². The molecule has 1 aromatic carbocycles. The molecule has 0 N–H and O–H groups in total. The van der Waals surface area contributed by atoms with E-state index < -0.39 is 11.6 Å². The molecule has 0 amide bonds. The quantitative estimate of drug-likeness (QED) is 0.682. The fraction of sp³-hybridized carbons (Fsp3) is 0.125. The highest BCUT2D eigenvalue weighted by atomic mass is 127. The van der Waals surface area contributed by atoms with Crippen molar-refractivity contribution in [1.29, 1.82) is 0 Å². The summed E-state index contributed by atoms with van der Waals surface area (Å²) in [6.07, 6.45) is 0. The van der Waals surface area contributed by atoms with Crippen LogP contribution in [0.15, 0.2) is 12.1 Å². The minimum atomic E-state index is -0.579. The third-order valence-electron chi connectivity index (χ3n) is 1.83. The number of fused-ring (bicyclic) bond motifs is 1. The first kappa shape index (κ1) is 8.86. The average Bonchev–Trinajstić information content (AvgIpc) is 2.27. The zero-order chi connectivity index (χ0) is 9.59. The third kappa shape index (κ3) is 1.31. The number of aryl methyl sites for hydroxylation is 1. The number of hydrogen-bond donors (Lipinski definition) is 0. The Labute approximate surface area is 86.7 Å². The van der Waals surface area contributed by atoms with Gasteiger partial charge in [0.25, 0.3) is 0 Å². The molecule has 0 saturated heterocycles. The van der Waals surface area contributed by atoms with Crippen LogP contribution in [0.4, 0.5) is 8.78 Å². The van der Waals surface area contributed by atoms with E-state index >= 15 is 0 Å². The van der Waals surface area contributed by atoms with Gasteiger partial charge in [-0.05, 0) is 22.6 Å². The highest BCUT2D eigenvalue weighted by molar-refractivity contribution is 14.1. The van der Waals surface area contributed by atoms with Crippen LogP contribution in [0.3, 0.4) is 0 Å². The highest BCUT2D eigenvalue weighted by Crippen LogP contribution is 2.23. The second kappa shape index (κ2) is 2.90. The van der Waals surface area contributed by atoms with Gasteiger partial charge in [0.05, 0.1) is 10.9 Å². The fourth-order valence-corrected chi connectivity index (χ4v) is 2.11. The molecule has 0 aliphatic heterocycles. The van der Waals surface area contributed by atoms with Crippen molar-refractivity contribution in [1.82, 2.24) is 9.78 Å². The van der Waals surface area contributed by atoms with Gasteiger partial charge >= 0.3 is 0 Å². The van der Waals surface area contributed by atoms with Crippen LogP contribution >= 0.6 is 22.6 Å². The van der Waals surface area contributed by atoms with E-state index in [0.29, 0.717) is 14.6 Å². The van der Waals surface area contributed by atoms with E-state index in [2.05, 4.69) is 5.10 Å². The minimum absolute atomic E-state index is 0.379. The van der Waals surface area contributed by atoms with Crippen LogP contribution in [0.25, 0.3) is 10.9 Å². The summed E-state index contributed by atoms with van der Waals surface area (Å²) in [6, 6.07) is 2.14. The van der Waals surface area contributed by atoms with Crippen LogP contribution in [-0.4, -0.2) is 9.78 Å². The van der Waals surface area contributed by atoms with Crippen molar-refractivity contribution in [2.24, 2.45) is 7.05 Å². The molecule has 1 aromatic heterocycles. The smallest absolute Gasteiger partial charge is 0.138 e. The van der Waals surface area contributed by atoms with Gasteiger partial charge in [-0.15, -0.1) is 0 Å². The van der Waals surface area contributed by atoms with Gasteiger partial charge in [0.15, 0.2) is 0 Å². The van der Waals surface area contributed by atoms with Crippen molar-refractivity contribution in [2.75, 3.05) is 0 Å². The van der Waals surface area contributed by atoms with E-state index in [1.807, 2.05) is 22.6 Å². The molecule has 13 heavy (non-hydrogen) atoms. The van der Waals surface area contributed by atoms with Gasteiger partial charge in [-0.2, -0.15) is 5.10 Å². The first-order chi connectivity index (χ1) is 6.09. The number of hydrogen-bond acceptors (Lipinski definition) is 1. The maximum absolute atomic E-state index is 13.2. The molecule has 0 saturated carbocycles. The van der Waals surface area contributed by atoms with Gasteiger partial charge in [-0.1, -0.05) is 0 Å². The van der Waals surface area contributed by atoms with Gasteiger partial charge in [0.2, 0.25) is 0 Å². The summed E-state index contributed by atoms with van der Waals surface area (Å²) < 4.78 is 28.0. The Hall–Kier alpha value is -0.720. The van der Waals surface area contributed by atoms with Crippen LogP contribution in [0, 0.1) is 15.3 Å². The Kier molecular flexibility index (Phi) is 1.98. The standard InChI is InChI=1S/C8H5F2IN2/c1-13-6-3-4(9)2-5(10)7(6)8(11)12-13/h2-3H,1H3. The Morgan fingerprint density at radius 1 is 1.38 bits per heavy atom. The molecular formula is C8H5F2IN2. The molecule has 0 unspecified atom stereocenters. The molecule has 1 heterocycles. The van der Waals surface area contributed by atoms with Crippen molar-refractivity contribution >= 4 is 33.5 Å². The molecule has 5 heteroatoms. The second-order valence-corrected chi connectivity index (χ2v) is 3.72. The van der Waals surface area contributed by atoms with Gasteiger partial charge in [0, 0.05) is 19.2 Å². The molecule has 2 rings (SSSR count). The molecule has 0 fully saturated rings. The zero-order valence-corrected chi connectivity index (χ0v) is 8.84. The number of nitrogens with zero attached hydrogens (tertiary/aromatic N) is 2. The lowest BCUT2D eigenvalue weighted by molar-refractivity contribution is 0.591. The van der Waals surface area contributed by atoms with Crippen molar-refractivity contribution in [3.05, 3.63) is 27.5 Å². The van der Waals surface area contributed by atoms with Gasteiger partial charge < -0.3 is 0 Å². The number of halogens is 3. The van der Waals surface area contributed by atoms with Gasteiger partial charge in [0.1, 0.15) is 15.3 Å². The fourth-order valence-electron chi connectivity index (χ4n) is 1.26. The first-order valence-electron chi connectivity index (χ1n) is 3.57. The molecule has 0 spiro atoms. The summed E-state index contributed by atoms with van der Waals surface area (Å²) in [4.78, 5) is 0. The summed E-state index contributed by atoms with van der Waals surface area (Å²) >= 11 is 1.92. The molecule has 2 nitrogen and oxygen atoms in total. The Morgan fingerprint density at radius 2 is 2.08 bits per heavy atom. The van der Waals surface area contributed by atoms with Crippen molar-refractivity contribution < 1.29 is 8.78 Å². The SMILES string of the molecule is Cn1nc(I)c2c(F)cc(F)cc21. The van der Waals surface area contributed by atoms with E-state index in [1.165, 1.54) is 10.7 Å². The molecular weight excluding hydrogens is 289 g/mol. The van der Waals surface area contributed by atoms with Crippen LogP contribution in [0.2, 0.25) is 0 Å². The lowest BCUT2D eigenvalue weighted by Crippen LogP contribution is -1.90. The third-order valence-corrected chi connectivity index (χ3v) is 2.58. The number of benzene rings is 1. The van der Waals surface area contributed by atoms with E-state index in [4.69, 9.17) is 0 Å². The van der Waals surface area contributed by atoms with E-state index in [9.17, 15) is 8.78 Å². The molecule has 0 atom stereocenters. The molecule has 2 aromatic rings. The lowest BCUT2D eigenvalue weighted by Gasteiger charge is -1.95. The maximum atomic E-state index is 13.2. The van der Waals surface area contributed by atoms with Crippen molar-refractivity contribution in [3.8, 4) is 0 Å². The van der Waals surface area contributed by atoms with E-state index in [0.717, 1.165) is 6.07 Å². The highest BCUT2D eigenvalue weighted by Gasteiger charge is 2.12. The van der Waals surface area contributed by atoms with E-state index in [1.54, 1.807) is 7.05 Å². The lowest BCUT2D eigenvalue weighted by atomic mass is 10.2. The van der Waals surface area contributed by atoms with Gasteiger partial charge in [-0.3, -0.25) is 4.68 Å². The molecule has 0 aliphatic rings. The first-order valence-corrected chi connectivity index (χ1v) is 4.64. The topological polar surface area (TPSA) is 17.8 Å². The Balaban J connectivity index is 2.97. The van der Waals surface area contributed by atoms with Crippen LogP contribution in [-0.2, 0) is 7.05 Å². The minimum Gasteiger partial charge on any atom is -0.267 e. The Bertz CT molecular complexity index is 478. The maximum Gasteiger partial charge on any atom is 0.138 e. The van der Waals surface area contributed by atoms with Crippen molar-refractivity contribution in [2.45, 2.75) is 0 Å². The number of rotatable bonds is 0. The van der Waals surface area contributed by atoms with E-state index in [-0.39, 0.29) is 0 Å². The molecule has 0 radical (unpaired) electrons. The molecule has 0 bridgehead atoms. The number of aromatic nitrogens is 2. The molecule has 0 aliphatic carbocycles. The molecule has 68 valence electrons.